The van der Waals surface area contributed by atoms with Crippen molar-refractivity contribution in [2.45, 2.75) is 31.9 Å². The largest absolute Gasteiger partial charge is 0.383 e. The zero-order valence-electron chi connectivity index (χ0n) is 9.38. The van der Waals surface area contributed by atoms with E-state index in [4.69, 9.17) is 4.43 Å². The maximum Gasteiger partial charge on any atom is 0.377 e. The van der Waals surface area contributed by atoms with E-state index in [0.717, 1.165) is 4.88 Å². The van der Waals surface area contributed by atoms with Crippen molar-refractivity contribution in [2.24, 2.45) is 0 Å². The molecule has 86 valence electrons. The summed E-state index contributed by atoms with van der Waals surface area (Å²) in [5.74, 6) is 0. The van der Waals surface area contributed by atoms with E-state index in [1.165, 1.54) is 24.4 Å². The maximum absolute atomic E-state index is 14.0. The Morgan fingerprint density at radius 3 is 2.20 bits per heavy atom. The van der Waals surface area contributed by atoms with Crippen LogP contribution in [-0.2, 0) is 4.43 Å². The van der Waals surface area contributed by atoms with Crippen molar-refractivity contribution in [1.29, 1.82) is 0 Å². The smallest absolute Gasteiger partial charge is 0.377 e. The van der Waals surface area contributed by atoms with Gasteiger partial charge in [-0.2, -0.15) is 0 Å². The lowest BCUT2D eigenvalue weighted by Crippen LogP contribution is -2.38. The van der Waals surface area contributed by atoms with Crippen LogP contribution in [0.1, 0.15) is 10.6 Å². The average molecular weight is 266 g/mol. The summed E-state index contributed by atoms with van der Waals surface area (Å²) in [5, 5.41) is 1.86. The van der Waals surface area contributed by atoms with Gasteiger partial charge in [-0.1, -0.05) is 6.07 Å². The predicted molar refractivity (Wildman–Crippen MR) is 65.3 cm³/mol. The quantitative estimate of drug-likeness (QED) is 0.586. The minimum Gasteiger partial charge on any atom is -0.383 e. The van der Waals surface area contributed by atoms with E-state index in [1.807, 2.05) is 17.5 Å². The zero-order valence-corrected chi connectivity index (χ0v) is 12.2. The van der Waals surface area contributed by atoms with Crippen LogP contribution in [0.2, 0.25) is 26.2 Å². The summed E-state index contributed by atoms with van der Waals surface area (Å²) in [6.07, 6.45) is 0. The van der Waals surface area contributed by atoms with Gasteiger partial charge in [-0.3, -0.25) is 4.11 Å². The van der Waals surface area contributed by atoms with E-state index in [-0.39, 0.29) is 0 Å². The van der Waals surface area contributed by atoms with Gasteiger partial charge in [0.25, 0.3) is 8.41 Å². The van der Waals surface area contributed by atoms with Gasteiger partial charge in [-0.25, -0.2) is 0 Å². The SMILES string of the molecule is C[Si](C)(F)OC(c1cccs1)[Si](C)(C)F. The lowest BCUT2D eigenvalue weighted by Gasteiger charge is -2.28. The first-order chi connectivity index (χ1) is 6.70. The van der Waals surface area contributed by atoms with Crippen LogP contribution in [0.3, 0.4) is 0 Å². The molecule has 0 bridgehead atoms. The van der Waals surface area contributed by atoms with E-state index < -0.39 is 22.8 Å². The molecule has 1 aromatic heterocycles. The van der Waals surface area contributed by atoms with Gasteiger partial charge >= 0.3 is 8.65 Å². The van der Waals surface area contributed by atoms with Crippen LogP contribution < -0.4 is 0 Å². The fourth-order valence-corrected chi connectivity index (χ4v) is 6.45. The molecule has 0 aliphatic carbocycles. The van der Waals surface area contributed by atoms with Crippen LogP contribution in [0.15, 0.2) is 17.5 Å². The summed E-state index contributed by atoms with van der Waals surface area (Å²) in [7, 11) is -6.20. The van der Waals surface area contributed by atoms with Crippen molar-refractivity contribution < 1.29 is 12.6 Å². The van der Waals surface area contributed by atoms with E-state index >= 15 is 0 Å². The second kappa shape index (κ2) is 4.44. The third-order valence-electron chi connectivity index (χ3n) is 1.82. The molecule has 1 nitrogen and oxygen atoms in total. The summed E-state index contributed by atoms with van der Waals surface area (Å²) < 4.78 is 32.9. The van der Waals surface area contributed by atoms with Gasteiger partial charge < -0.3 is 8.53 Å². The van der Waals surface area contributed by atoms with Crippen molar-refractivity contribution in [2.75, 3.05) is 0 Å². The maximum atomic E-state index is 14.0. The van der Waals surface area contributed by atoms with Crippen LogP contribution in [0.4, 0.5) is 8.22 Å². The molecular weight excluding hydrogens is 250 g/mol. The Hall–Kier alpha value is -0.0462. The third-order valence-corrected chi connectivity index (χ3v) is 5.66. The molecule has 0 aliphatic rings. The van der Waals surface area contributed by atoms with E-state index in [2.05, 4.69) is 0 Å². The highest BCUT2D eigenvalue weighted by Gasteiger charge is 2.40. The number of thiophene rings is 1. The van der Waals surface area contributed by atoms with Crippen LogP contribution in [0.25, 0.3) is 0 Å². The van der Waals surface area contributed by atoms with Crippen LogP contribution in [-0.4, -0.2) is 17.1 Å². The lowest BCUT2D eigenvalue weighted by molar-refractivity contribution is 0.230. The molecule has 6 heteroatoms. The number of hydrogen-bond donors (Lipinski definition) is 0. The van der Waals surface area contributed by atoms with Crippen LogP contribution in [0.5, 0.6) is 0 Å². The molecule has 1 atom stereocenters. The Bertz CT molecular complexity index is 303. The number of hydrogen-bond acceptors (Lipinski definition) is 2. The first-order valence-corrected chi connectivity index (χ1v) is 11.4. The zero-order chi connectivity index (χ0) is 11.7. The summed E-state index contributed by atoms with van der Waals surface area (Å²) in [6, 6.07) is 3.65. The second-order valence-corrected chi connectivity index (χ2v) is 12.0. The van der Waals surface area contributed by atoms with Crippen molar-refractivity contribution in [1.82, 2.24) is 0 Å². The Kier molecular flexibility index (Phi) is 3.86. The molecule has 1 unspecified atom stereocenters. The summed E-state index contributed by atoms with van der Waals surface area (Å²) in [5.41, 5.74) is -0.663. The molecule has 0 saturated heterocycles. The Balaban J connectivity index is 2.90. The summed E-state index contributed by atoms with van der Waals surface area (Å²) in [4.78, 5) is 0.799. The molecule has 1 rings (SSSR count). The van der Waals surface area contributed by atoms with Gasteiger partial charge in [0.15, 0.2) is 0 Å². The standard InChI is InChI=1S/C9H16F2OSSi2/c1-14(2,10)9(12-15(3,4)11)8-6-5-7-13-8/h5-7,9H,1-4H3. The fourth-order valence-electron chi connectivity index (χ4n) is 1.26. The topological polar surface area (TPSA) is 9.23 Å². The van der Waals surface area contributed by atoms with E-state index in [0.29, 0.717) is 0 Å². The second-order valence-electron chi connectivity index (χ2n) is 4.44. The molecule has 0 fully saturated rings. The van der Waals surface area contributed by atoms with Gasteiger partial charge in [0.2, 0.25) is 0 Å². The molecule has 0 N–H and O–H groups in total. The first kappa shape index (κ1) is 13.0. The summed E-state index contributed by atoms with van der Waals surface area (Å²) in [6.45, 7) is 5.98. The minimum atomic E-state index is -3.18. The van der Waals surface area contributed by atoms with Gasteiger partial charge in [0, 0.05) is 4.88 Å². The monoisotopic (exact) mass is 266 g/mol. The van der Waals surface area contributed by atoms with Crippen LogP contribution in [0, 0.1) is 0 Å². The molecule has 1 aromatic rings. The normalized spacial score (nSPS) is 15.3. The molecular formula is C9H16F2OSSi2. The van der Waals surface area contributed by atoms with Crippen molar-refractivity contribution in [3.05, 3.63) is 22.4 Å². The van der Waals surface area contributed by atoms with Gasteiger partial charge in [-0.05, 0) is 37.6 Å². The first-order valence-electron chi connectivity index (χ1n) is 4.79. The van der Waals surface area contributed by atoms with E-state index in [1.54, 1.807) is 13.1 Å². The number of halogens is 2. The molecule has 0 amide bonds. The molecule has 0 spiro atoms. The van der Waals surface area contributed by atoms with Gasteiger partial charge in [-0.15, -0.1) is 11.3 Å². The highest BCUT2D eigenvalue weighted by molar-refractivity contribution is 7.10. The molecule has 0 radical (unpaired) electrons. The van der Waals surface area contributed by atoms with Crippen molar-refractivity contribution >= 4 is 28.4 Å². The number of rotatable bonds is 4. The molecule has 0 aromatic carbocycles. The molecule has 0 saturated carbocycles. The lowest BCUT2D eigenvalue weighted by atomic mass is 10.5. The van der Waals surface area contributed by atoms with Crippen LogP contribution >= 0.6 is 11.3 Å². The van der Waals surface area contributed by atoms with Crippen molar-refractivity contribution in [3.8, 4) is 0 Å². The summed E-state index contributed by atoms with van der Waals surface area (Å²) >= 11 is 1.42. The average Bonchev–Trinajstić information content (AvgIpc) is 2.47. The molecule has 0 aliphatic heterocycles. The third kappa shape index (κ3) is 4.14. The Morgan fingerprint density at radius 1 is 1.27 bits per heavy atom. The minimum absolute atomic E-state index is 0.663. The fraction of sp³-hybridized carbons (Fsp3) is 0.556. The molecule has 15 heavy (non-hydrogen) atoms. The highest BCUT2D eigenvalue weighted by atomic mass is 32.1. The van der Waals surface area contributed by atoms with E-state index in [9.17, 15) is 8.22 Å². The molecule has 1 heterocycles. The predicted octanol–water partition coefficient (Wildman–Crippen LogP) is 4.19. The van der Waals surface area contributed by atoms with Gasteiger partial charge in [0.05, 0.1) is 0 Å². The Morgan fingerprint density at radius 2 is 1.87 bits per heavy atom. The Labute approximate surface area is 95.6 Å². The van der Waals surface area contributed by atoms with Crippen molar-refractivity contribution in [3.63, 3.8) is 0 Å². The van der Waals surface area contributed by atoms with Gasteiger partial charge in [0.1, 0.15) is 5.73 Å². The highest BCUT2D eigenvalue weighted by Crippen LogP contribution is 2.34.